The second-order valence-corrected chi connectivity index (χ2v) is 4.43. The molecule has 1 N–H and O–H groups in total. The molecule has 3 unspecified atom stereocenters. The van der Waals surface area contributed by atoms with Crippen LogP contribution in [-0.4, -0.2) is 7.05 Å². The van der Waals surface area contributed by atoms with Crippen LogP contribution in [0.1, 0.15) is 24.9 Å². The fourth-order valence-corrected chi connectivity index (χ4v) is 2.19. The highest BCUT2D eigenvalue weighted by Crippen LogP contribution is 2.47. The Balaban J connectivity index is 2.34. The molecule has 88 valence electrons. The predicted octanol–water partition coefficient (Wildman–Crippen LogP) is 3.02. The summed E-state index contributed by atoms with van der Waals surface area (Å²) in [6.07, 6.45) is 0.990. The van der Waals surface area contributed by atoms with Crippen LogP contribution in [0, 0.1) is 29.3 Å². The van der Waals surface area contributed by atoms with Crippen LogP contribution in [0.3, 0.4) is 0 Å². The third kappa shape index (κ3) is 1.94. The van der Waals surface area contributed by atoms with Crippen molar-refractivity contribution in [3.05, 3.63) is 35.1 Å². The second kappa shape index (κ2) is 4.09. The Hall–Kier alpha value is -1.03. The molecular formula is C12H14F3N. The highest BCUT2D eigenvalue weighted by molar-refractivity contribution is 5.25. The maximum absolute atomic E-state index is 13.5. The molecule has 4 heteroatoms. The lowest BCUT2D eigenvalue weighted by molar-refractivity contribution is 0.450. The summed E-state index contributed by atoms with van der Waals surface area (Å²) in [5.74, 6) is -2.00. The molecule has 0 amide bonds. The molecule has 1 saturated carbocycles. The van der Waals surface area contributed by atoms with Crippen LogP contribution in [-0.2, 0) is 0 Å². The first-order chi connectivity index (χ1) is 7.54. The van der Waals surface area contributed by atoms with Gasteiger partial charge in [-0.1, -0.05) is 6.92 Å². The number of nitrogens with one attached hydrogen (secondary N) is 1. The summed E-state index contributed by atoms with van der Waals surface area (Å²) < 4.78 is 39.4. The Labute approximate surface area is 92.7 Å². The van der Waals surface area contributed by atoms with Gasteiger partial charge >= 0.3 is 0 Å². The summed E-state index contributed by atoms with van der Waals surface area (Å²) in [6, 6.07) is 1.34. The molecule has 1 aliphatic carbocycles. The number of halogens is 3. The average molecular weight is 229 g/mol. The van der Waals surface area contributed by atoms with Gasteiger partial charge in [-0.15, -0.1) is 0 Å². The molecule has 0 bridgehead atoms. The summed E-state index contributed by atoms with van der Waals surface area (Å²) in [4.78, 5) is 0. The largest absolute Gasteiger partial charge is 0.313 e. The molecule has 0 heterocycles. The fourth-order valence-electron chi connectivity index (χ4n) is 2.19. The zero-order chi connectivity index (χ0) is 11.9. The number of hydrogen-bond donors (Lipinski definition) is 1. The molecule has 0 aliphatic heterocycles. The van der Waals surface area contributed by atoms with Crippen LogP contribution >= 0.6 is 0 Å². The molecule has 1 aliphatic rings. The SMILES string of the molecule is CNC(c1cc(F)c(F)cc1F)C1CC1C. The zero-order valence-electron chi connectivity index (χ0n) is 9.23. The lowest BCUT2D eigenvalue weighted by Crippen LogP contribution is -2.20. The van der Waals surface area contributed by atoms with Crippen LogP contribution < -0.4 is 5.32 Å². The van der Waals surface area contributed by atoms with Gasteiger partial charge in [-0.05, 0) is 31.4 Å². The molecule has 1 nitrogen and oxygen atoms in total. The van der Waals surface area contributed by atoms with E-state index in [-0.39, 0.29) is 11.6 Å². The van der Waals surface area contributed by atoms with E-state index >= 15 is 0 Å². The van der Waals surface area contributed by atoms with Crippen molar-refractivity contribution < 1.29 is 13.2 Å². The van der Waals surface area contributed by atoms with Gasteiger partial charge in [-0.2, -0.15) is 0 Å². The Morgan fingerprint density at radius 2 is 1.75 bits per heavy atom. The lowest BCUT2D eigenvalue weighted by Gasteiger charge is -2.17. The van der Waals surface area contributed by atoms with E-state index in [2.05, 4.69) is 12.2 Å². The van der Waals surface area contributed by atoms with Gasteiger partial charge in [-0.3, -0.25) is 0 Å². The van der Waals surface area contributed by atoms with Gasteiger partial charge in [-0.25, -0.2) is 13.2 Å². The Kier molecular flexibility index (Phi) is 2.93. The molecule has 0 aromatic heterocycles. The number of hydrogen-bond acceptors (Lipinski definition) is 1. The van der Waals surface area contributed by atoms with Crippen molar-refractivity contribution in [2.24, 2.45) is 11.8 Å². The predicted molar refractivity (Wildman–Crippen MR) is 55.4 cm³/mol. The van der Waals surface area contributed by atoms with E-state index in [0.29, 0.717) is 17.9 Å². The van der Waals surface area contributed by atoms with Gasteiger partial charge in [0.05, 0.1) is 0 Å². The quantitative estimate of drug-likeness (QED) is 0.785. The van der Waals surface area contributed by atoms with Crippen molar-refractivity contribution in [2.45, 2.75) is 19.4 Å². The van der Waals surface area contributed by atoms with E-state index in [1.807, 2.05) is 0 Å². The van der Waals surface area contributed by atoms with E-state index < -0.39 is 17.5 Å². The molecule has 3 atom stereocenters. The minimum Gasteiger partial charge on any atom is -0.313 e. The Morgan fingerprint density at radius 3 is 2.25 bits per heavy atom. The van der Waals surface area contributed by atoms with Gasteiger partial charge in [0.2, 0.25) is 0 Å². The van der Waals surface area contributed by atoms with Crippen molar-refractivity contribution in [2.75, 3.05) is 7.05 Å². The van der Waals surface area contributed by atoms with Crippen molar-refractivity contribution in [3.8, 4) is 0 Å². The fraction of sp³-hybridized carbons (Fsp3) is 0.500. The molecule has 1 fully saturated rings. The van der Waals surface area contributed by atoms with Crippen molar-refractivity contribution in [3.63, 3.8) is 0 Å². The van der Waals surface area contributed by atoms with E-state index in [9.17, 15) is 13.2 Å². The standard InChI is InChI=1S/C12H14F3N/c1-6-3-7(6)12(16-2)8-4-10(14)11(15)5-9(8)13/h4-7,12,16H,3H2,1-2H3. The smallest absolute Gasteiger partial charge is 0.161 e. The molecule has 0 saturated heterocycles. The summed E-state index contributed by atoms with van der Waals surface area (Å²) in [7, 11) is 1.70. The summed E-state index contributed by atoms with van der Waals surface area (Å²) in [5, 5.41) is 2.97. The first kappa shape index (κ1) is 11.5. The van der Waals surface area contributed by atoms with Gasteiger partial charge in [0.1, 0.15) is 5.82 Å². The number of benzene rings is 1. The molecule has 2 rings (SSSR count). The Morgan fingerprint density at radius 1 is 1.19 bits per heavy atom. The minimum absolute atomic E-state index is 0.218. The topological polar surface area (TPSA) is 12.0 Å². The molecule has 0 radical (unpaired) electrons. The minimum atomic E-state index is -1.14. The van der Waals surface area contributed by atoms with E-state index in [1.165, 1.54) is 0 Å². The third-order valence-corrected chi connectivity index (χ3v) is 3.29. The van der Waals surface area contributed by atoms with Crippen LogP contribution in [0.25, 0.3) is 0 Å². The summed E-state index contributed by atoms with van der Waals surface area (Å²) in [5.41, 5.74) is 0.218. The van der Waals surface area contributed by atoms with Crippen molar-refractivity contribution in [1.29, 1.82) is 0 Å². The van der Waals surface area contributed by atoms with E-state index in [0.717, 1.165) is 12.5 Å². The van der Waals surface area contributed by atoms with Gasteiger partial charge in [0.15, 0.2) is 11.6 Å². The highest BCUT2D eigenvalue weighted by atomic mass is 19.2. The van der Waals surface area contributed by atoms with Crippen LogP contribution in [0.5, 0.6) is 0 Å². The van der Waals surface area contributed by atoms with Gasteiger partial charge in [0, 0.05) is 17.7 Å². The maximum Gasteiger partial charge on any atom is 0.161 e. The van der Waals surface area contributed by atoms with Gasteiger partial charge in [0.25, 0.3) is 0 Å². The summed E-state index contributed by atoms with van der Waals surface area (Å²) in [6.45, 7) is 2.06. The molecule has 0 spiro atoms. The first-order valence-corrected chi connectivity index (χ1v) is 5.36. The number of rotatable bonds is 3. The van der Waals surface area contributed by atoms with Crippen molar-refractivity contribution in [1.82, 2.24) is 5.32 Å². The maximum atomic E-state index is 13.5. The van der Waals surface area contributed by atoms with Crippen LogP contribution in [0.4, 0.5) is 13.2 Å². The second-order valence-electron chi connectivity index (χ2n) is 4.43. The van der Waals surface area contributed by atoms with E-state index in [4.69, 9.17) is 0 Å². The molecule has 1 aromatic rings. The Bertz CT molecular complexity index is 405. The monoisotopic (exact) mass is 229 g/mol. The van der Waals surface area contributed by atoms with Crippen molar-refractivity contribution >= 4 is 0 Å². The third-order valence-electron chi connectivity index (χ3n) is 3.29. The summed E-state index contributed by atoms with van der Waals surface area (Å²) >= 11 is 0. The normalized spacial score (nSPS) is 25.6. The van der Waals surface area contributed by atoms with E-state index in [1.54, 1.807) is 7.05 Å². The first-order valence-electron chi connectivity index (χ1n) is 5.36. The highest BCUT2D eigenvalue weighted by Gasteiger charge is 2.40. The molecular weight excluding hydrogens is 215 g/mol. The zero-order valence-corrected chi connectivity index (χ0v) is 9.23. The lowest BCUT2D eigenvalue weighted by atomic mass is 10.0. The van der Waals surface area contributed by atoms with Gasteiger partial charge < -0.3 is 5.32 Å². The molecule has 16 heavy (non-hydrogen) atoms. The molecule has 1 aromatic carbocycles. The average Bonchev–Trinajstić information content (AvgIpc) is 2.92. The van der Waals surface area contributed by atoms with Crippen LogP contribution in [0.15, 0.2) is 12.1 Å². The van der Waals surface area contributed by atoms with Crippen LogP contribution in [0.2, 0.25) is 0 Å².